The Hall–Kier alpha value is -3.13. The number of benzene rings is 2. The van der Waals surface area contributed by atoms with Crippen molar-refractivity contribution in [3.8, 4) is 17.2 Å². The number of H-pyrrole nitrogens is 1. The van der Waals surface area contributed by atoms with Crippen molar-refractivity contribution in [3.63, 3.8) is 0 Å². The second-order valence-corrected chi connectivity index (χ2v) is 6.84. The summed E-state index contributed by atoms with van der Waals surface area (Å²) in [7, 11) is 1.61. The van der Waals surface area contributed by atoms with Gasteiger partial charge in [0.15, 0.2) is 17.3 Å². The highest BCUT2D eigenvalue weighted by Gasteiger charge is 2.08. The van der Waals surface area contributed by atoms with E-state index in [0.717, 1.165) is 22.4 Å². The van der Waals surface area contributed by atoms with Gasteiger partial charge in [-0.2, -0.15) is 14.9 Å². The third-order valence-corrected chi connectivity index (χ3v) is 4.35. The van der Waals surface area contributed by atoms with Crippen LogP contribution in [0.25, 0.3) is 0 Å². The van der Waals surface area contributed by atoms with Gasteiger partial charge in [0.2, 0.25) is 4.77 Å². The quantitative estimate of drug-likeness (QED) is 0.438. The molecule has 0 fully saturated rings. The van der Waals surface area contributed by atoms with E-state index in [1.807, 2.05) is 51.1 Å². The first kappa shape index (κ1) is 20.6. The Bertz CT molecular complexity index is 1050. The Morgan fingerprint density at radius 1 is 1.10 bits per heavy atom. The molecule has 152 valence electrons. The van der Waals surface area contributed by atoms with Gasteiger partial charge in [-0.25, -0.2) is 5.10 Å². The molecule has 7 nitrogen and oxygen atoms in total. The number of methoxy groups -OCH3 is 1. The Balaban J connectivity index is 1.79. The zero-order chi connectivity index (χ0) is 20.8. The zero-order valence-corrected chi connectivity index (χ0v) is 17.7. The van der Waals surface area contributed by atoms with Crippen LogP contribution in [0.15, 0.2) is 41.5 Å². The maximum Gasteiger partial charge on any atom is 0.216 e. The van der Waals surface area contributed by atoms with E-state index in [2.05, 4.69) is 21.4 Å². The molecule has 1 aromatic heterocycles. The van der Waals surface area contributed by atoms with Crippen LogP contribution in [0.4, 0.5) is 0 Å². The fourth-order valence-corrected chi connectivity index (χ4v) is 3.07. The molecule has 0 bridgehead atoms. The van der Waals surface area contributed by atoms with Gasteiger partial charge in [-0.05, 0) is 80.0 Å². The van der Waals surface area contributed by atoms with E-state index in [1.165, 1.54) is 0 Å². The SMILES string of the molecule is CCOc1cc(/C=N\n2c(COc3cc(C)cc(C)c3)n[nH]c2=S)ccc1OC. The first-order chi connectivity index (χ1) is 14.0. The largest absolute Gasteiger partial charge is 0.493 e. The number of hydrogen-bond acceptors (Lipinski definition) is 6. The van der Waals surface area contributed by atoms with Crippen molar-refractivity contribution >= 4 is 18.4 Å². The van der Waals surface area contributed by atoms with Gasteiger partial charge in [0.25, 0.3) is 0 Å². The van der Waals surface area contributed by atoms with Crippen LogP contribution in [-0.4, -0.2) is 34.8 Å². The molecule has 8 heteroatoms. The van der Waals surface area contributed by atoms with Crippen LogP contribution in [0.5, 0.6) is 17.2 Å². The second-order valence-electron chi connectivity index (χ2n) is 6.46. The van der Waals surface area contributed by atoms with Crippen LogP contribution in [-0.2, 0) is 6.61 Å². The van der Waals surface area contributed by atoms with E-state index in [9.17, 15) is 0 Å². The van der Waals surface area contributed by atoms with E-state index < -0.39 is 0 Å². The van der Waals surface area contributed by atoms with Crippen LogP contribution in [0, 0.1) is 18.6 Å². The molecule has 0 saturated carbocycles. The van der Waals surface area contributed by atoms with Crippen LogP contribution < -0.4 is 14.2 Å². The fourth-order valence-electron chi connectivity index (χ4n) is 2.87. The summed E-state index contributed by atoms with van der Waals surface area (Å²) in [6, 6.07) is 11.6. The van der Waals surface area contributed by atoms with Crippen molar-refractivity contribution in [1.82, 2.24) is 14.9 Å². The number of nitrogens with zero attached hydrogens (tertiary/aromatic N) is 3. The average Bonchev–Trinajstić information content (AvgIpc) is 3.04. The maximum atomic E-state index is 5.88. The smallest absolute Gasteiger partial charge is 0.216 e. The van der Waals surface area contributed by atoms with Crippen molar-refractivity contribution in [2.45, 2.75) is 27.4 Å². The van der Waals surface area contributed by atoms with Crippen LogP contribution in [0.2, 0.25) is 0 Å². The standard InChI is InChI=1S/C21H24N4O3S/c1-5-27-19-11-16(6-7-18(19)26-4)12-22-25-20(23-24-21(25)29)13-28-17-9-14(2)8-15(3)10-17/h6-12H,5,13H2,1-4H3,(H,24,29)/b22-12-. The topological polar surface area (TPSA) is 73.7 Å². The van der Waals surface area contributed by atoms with E-state index >= 15 is 0 Å². The molecule has 0 aliphatic heterocycles. The molecule has 3 aromatic rings. The molecular formula is C21H24N4O3S. The predicted molar refractivity (Wildman–Crippen MR) is 115 cm³/mol. The molecule has 0 radical (unpaired) electrons. The van der Waals surface area contributed by atoms with E-state index in [1.54, 1.807) is 18.0 Å². The van der Waals surface area contributed by atoms with Crippen molar-refractivity contribution in [3.05, 3.63) is 63.7 Å². The van der Waals surface area contributed by atoms with Crippen molar-refractivity contribution in [2.24, 2.45) is 5.10 Å². The summed E-state index contributed by atoms with van der Waals surface area (Å²) in [4.78, 5) is 0. The van der Waals surface area contributed by atoms with Crippen LogP contribution in [0.1, 0.15) is 29.4 Å². The molecule has 0 aliphatic carbocycles. The molecule has 1 N–H and O–H groups in total. The van der Waals surface area contributed by atoms with Crippen molar-refractivity contribution in [1.29, 1.82) is 0 Å². The van der Waals surface area contributed by atoms with Crippen molar-refractivity contribution in [2.75, 3.05) is 13.7 Å². The fraction of sp³-hybridized carbons (Fsp3) is 0.286. The first-order valence-electron chi connectivity index (χ1n) is 9.22. The highest BCUT2D eigenvalue weighted by atomic mass is 32.1. The highest BCUT2D eigenvalue weighted by molar-refractivity contribution is 7.71. The number of hydrogen-bond donors (Lipinski definition) is 1. The van der Waals surface area contributed by atoms with E-state index in [0.29, 0.717) is 28.7 Å². The molecule has 0 saturated heterocycles. The predicted octanol–water partition coefficient (Wildman–Crippen LogP) is 4.43. The van der Waals surface area contributed by atoms with Crippen LogP contribution >= 0.6 is 12.2 Å². The summed E-state index contributed by atoms with van der Waals surface area (Å²) < 4.78 is 18.7. The Labute approximate surface area is 174 Å². The second kappa shape index (κ2) is 9.38. The highest BCUT2D eigenvalue weighted by Crippen LogP contribution is 2.27. The third kappa shape index (κ3) is 5.23. The summed E-state index contributed by atoms with van der Waals surface area (Å²) in [6.07, 6.45) is 1.69. The summed E-state index contributed by atoms with van der Waals surface area (Å²) in [5.41, 5.74) is 3.13. The van der Waals surface area contributed by atoms with Gasteiger partial charge in [-0.15, -0.1) is 0 Å². The lowest BCUT2D eigenvalue weighted by Crippen LogP contribution is -2.04. The molecule has 0 amide bonds. The summed E-state index contributed by atoms with van der Waals surface area (Å²) >= 11 is 5.30. The lowest BCUT2D eigenvalue weighted by molar-refractivity contribution is 0.290. The van der Waals surface area contributed by atoms with Gasteiger partial charge >= 0.3 is 0 Å². The van der Waals surface area contributed by atoms with Gasteiger partial charge in [0.1, 0.15) is 12.4 Å². The van der Waals surface area contributed by atoms with E-state index in [-0.39, 0.29) is 6.61 Å². The molecule has 0 aliphatic rings. The van der Waals surface area contributed by atoms with Crippen molar-refractivity contribution < 1.29 is 14.2 Å². The molecule has 0 unspecified atom stereocenters. The molecule has 3 rings (SSSR count). The summed E-state index contributed by atoms with van der Waals surface area (Å²) in [5.74, 6) is 2.69. The molecule has 0 atom stereocenters. The number of aromatic nitrogens is 3. The Kier molecular flexibility index (Phi) is 6.66. The minimum absolute atomic E-state index is 0.236. The first-order valence-corrected chi connectivity index (χ1v) is 9.63. The molecule has 1 heterocycles. The number of ether oxygens (including phenoxy) is 3. The monoisotopic (exact) mass is 412 g/mol. The average molecular weight is 413 g/mol. The normalized spacial score (nSPS) is 11.0. The maximum absolute atomic E-state index is 5.88. The number of aromatic amines is 1. The van der Waals surface area contributed by atoms with Gasteiger partial charge in [0, 0.05) is 0 Å². The minimum atomic E-state index is 0.236. The Morgan fingerprint density at radius 3 is 2.55 bits per heavy atom. The van der Waals surface area contributed by atoms with Gasteiger partial charge in [-0.3, -0.25) is 0 Å². The van der Waals surface area contributed by atoms with Gasteiger partial charge < -0.3 is 14.2 Å². The lowest BCUT2D eigenvalue weighted by atomic mass is 10.1. The molecular weight excluding hydrogens is 388 g/mol. The Morgan fingerprint density at radius 2 is 1.86 bits per heavy atom. The number of rotatable bonds is 8. The zero-order valence-electron chi connectivity index (χ0n) is 16.9. The van der Waals surface area contributed by atoms with Gasteiger partial charge in [0.05, 0.1) is 19.9 Å². The molecule has 2 aromatic carbocycles. The summed E-state index contributed by atoms with van der Waals surface area (Å²) in [6.45, 7) is 6.77. The number of nitrogens with one attached hydrogen (secondary N) is 1. The number of aryl methyl sites for hydroxylation is 2. The van der Waals surface area contributed by atoms with E-state index in [4.69, 9.17) is 26.4 Å². The van der Waals surface area contributed by atoms with Crippen LogP contribution in [0.3, 0.4) is 0 Å². The third-order valence-electron chi connectivity index (χ3n) is 4.09. The minimum Gasteiger partial charge on any atom is -0.493 e. The summed E-state index contributed by atoms with van der Waals surface area (Å²) in [5, 5.41) is 11.4. The molecule has 0 spiro atoms. The van der Waals surface area contributed by atoms with Gasteiger partial charge in [-0.1, -0.05) is 6.07 Å². The molecule has 29 heavy (non-hydrogen) atoms. The lowest BCUT2D eigenvalue weighted by Gasteiger charge is -2.09.